The van der Waals surface area contributed by atoms with Crippen LogP contribution in [0.25, 0.3) is 0 Å². The lowest BCUT2D eigenvalue weighted by molar-refractivity contribution is 0.209. The summed E-state index contributed by atoms with van der Waals surface area (Å²) < 4.78 is 0.825. The second kappa shape index (κ2) is 6.49. The first kappa shape index (κ1) is 15.2. The largest absolute Gasteiger partial charge is 0.299 e. The predicted octanol–water partition coefficient (Wildman–Crippen LogP) is 4.32. The molecule has 0 N–H and O–H groups in total. The molecule has 1 heterocycles. The van der Waals surface area contributed by atoms with Crippen LogP contribution in [0.4, 0.5) is 0 Å². The first-order chi connectivity index (χ1) is 9.08. The molecule has 0 bridgehead atoms. The van der Waals surface area contributed by atoms with Crippen molar-refractivity contribution in [2.75, 3.05) is 19.3 Å². The van der Waals surface area contributed by atoms with E-state index in [0.29, 0.717) is 0 Å². The Balaban J connectivity index is 1.98. The molecule has 1 fully saturated rings. The quantitative estimate of drug-likeness (QED) is 0.804. The van der Waals surface area contributed by atoms with Crippen molar-refractivity contribution < 1.29 is 0 Å². The third-order valence-corrected chi connectivity index (χ3v) is 5.79. The van der Waals surface area contributed by atoms with Gasteiger partial charge in [0, 0.05) is 29.1 Å². The van der Waals surface area contributed by atoms with Crippen LogP contribution in [-0.4, -0.2) is 29.0 Å². The molecule has 0 amide bonds. The average Bonchev–Trinajstić information content (AvgIpc) is 2.43. The summed E-state index contributed by atoms with van der Waals surface area (Å²) in [5.74, 6) is 0. The lowest BCUT2D eigenvalue weighted by Gasteiger charge is -2.36. The van der Waals surface area contributed by atoms with E-state index in [1.165, 1.54) is 0 Å². The van der Waals surface area contributed by atoms with E-state index in [-0.39, 0.29) is 4.75 Å². The highest BCUT2D eigenvalue weighted by Crippen LogP contribution is 2.34. The molecule has 19 heavy (non-hydrogen) atoms. The Bertz CT molecular complexity index is 493. The van der Waals surface area contributed by atoms with E-state index in [0.717, 1.165) is 47.5 Å². The second-order valence-corrected chi connectivity index (χ2v) is 7.33. The lowest BCUT2D eigenvalue weighted by Crippen LogP contribution is -2.41. The van der Waals surface area contributed by atoms with Crippen molar-refractivity contribution in [3.05, 3.63) is 33.3 Å². The molecule has 1 aliphatic heterocycles. The van der Waals surface area contributed by atoms with Crippen LogP contribution in [0.3, 0.4) is 0 Å². The summed E-state index contributed by atoms with van der Waals surface area (Å²) in [6.07, 6.45) is 3.89. The van der Waals surface area contributed by atoms with Gasteiger partial charge in [0.2, 0.25) is 0 Å². The first-order valence-electron chi connectivity index (χ1n) is 6.21. The molecule has 0 spiro atoms. The van der Waals surface area contributed by atoms with Crippen molar-refractivity contribution in [2.45, 2.75) is 24.1 Å². The normalized spacial score (nSPS) is 19.1. The van der Waals surface area contributed by atoms with Crippen molar-refractivity contribution in [2.24, 2.45) is 0 Å². The van der Waals surface area contributed by atoms with E-state index >= 15 is 0 Å². The maximum Gasteiger partial charge on any atom is 0.104 e. The molecular formula is C14H16BrClN2S. The van der Waals surface area contributed by atoms with Gasteiger partial charge in [-0.3, -0.25) is 4.90 Å². The minimum Gasteiger partial charge on any atom is -0.299 e. The van der Waals surface area contributed by atoms with Gasteiger partial charge in [-0.25, -0.2) is 0 Å². The van der Waals surface area contributed by atoms with Crippen molar-refractivity contribution in [3.63, 3.8) is 0 Å². The number of thioether (sulfide) groups is 1. The molecule has 0 unspecified atom stereocenters. The Hall–Kier alpha value is -0.210. The maximum atomic E-state index is 9.28. The topological polar surface area (TPSA) is 27.0 Å². The molecule has 0 atom stereocenters. The molecule has 2 rings (SSSR count). The molecule has 5 heteroatoms. The Morgan fingerprint density at radius 1 is 1.47 bits per heavy atom. The fourth-order valence-electron chi connectivity index (χ4n) is 2.32. The Morgan fingerprint density at radius 2 is 2.16 bits per heavy atom. The van der Waals surface area contributed by atoms with Gasteiger partial charge in [0.05, 0.1) is 6.07 Å². The van der Waals surface area contributed by atoms with Gasteiger partial charge in [0.15, 0.2) is 0 Å². The average molecular weight is 360 g/mol. The number of hydrogen-bond donors (Lipinski definition) is 0. The number of piperidine rings is 1. The van der Waals surface area contributed by atoms with Gasteiger partial charge in [-0.2, -0.15) is 5.26 Å². The van der Waals surface area contributed by atoms with Crippen LogP contribution in [0.5, 0.6) is 0 Å². The van der Waals surface area contributed by atoms with Crippen LogP contribution in [0.1, 0.15) is 18.4 Å². The maximum absolute atomic E-state index is 9.28. The zero-order valence-electron chi connectivity index (χ0n) is 10.8. The van der Waals surface area contributed by atoms with Crippen molar-refractivity contribution in [1.82, 2.24) is 4.90 Å². The number of hydrogen-bond acceptors (Lipinski definition) is 3. The molecule has 1 aromatic rings. The molecule has 102 valence electrons. The molecule has 1 aliphatic rings. The summed E-state index contributed by atoms with van der Waals surface area (Å²) in [6.45, 7) is 2.78. The second-order valence-electron chi connectivity index (χ2n) is 4.82. The molecule has 0 saturated carbocycles. The van der Waals surface area contributed by atoms with Gasteiger partial charge < -0.3 is 0 Å². The number of halogens is 2. The highest BCUT2D eigenvalue weighted by atomic mass is 79.9. The van der Waals surface area contributed by atoms with Crippen molar-refractivity contribution in [3.8, 4) is 6.07 Å². The summed E-state index contributed by atoms with van der Waals surface area (Å²) in [5, 5.41) is 10.1. The van der Waals surface area contributed by atoms with Crippen LogP contribution >= 0.6 is 39.3 Å². The fraction of sp³-hybridized carbons (Fsp3) is 0.500. The van der Waals surface area contributed by atoms with E-state index in [4.69, 9.17) is 11.6 Å². The number of rotatable bonds is 3. The zero-order valence-corrected chi connectivity index (χ0v) is 14.0. The SMILES string of the molecule is CSC1(C#N)CCN(Cc2ccc(Br)cc2Cl)CC1. The number of nitrogens with zero attached hydrogens (tertiary/aromatic N) is 2. The fourth-order valence-corrected chi connectivity index (χ4v) is 3.74. The molecule has 0 aromatic heterocycles. The summed E-state index contributed by atoms with van der Waals surface area (Å²) >= 11 is 11.4. The summed E-state index contributed by atoms with van der Waals surface area (Å²) in [4.78, 5) is 2.38. The summed E-state index contributed by atoms with van der Waals surface area (Å²) in [6, 6.07) is 8.49. The van der Waals surface area contributed by atoms with Gasteiger partial charge >= 0.3 is 0 Å². The molecule has 2 nitrogen and oxygen atoms in total. The van der Waals surface area contributed by atoms with Gasteiger partial charge in [0.1, 0.15) is 4.75 Å². The Kier molecular flexibility index (Phi) is 5.19. The van der Waals surface area contributed by atoms with Crippen molar-refractivity contribution in [1.29, 1.82) is 5.26 Å². The Labute approximate surface area is 132 Å². The highest BCUT2D eigenvalue weighted by molar-refractivity contribution is 9.10. The van der Waals surface area contributed by atoms with E-state index in [1.54, 1.807) is 11.8 Å². The lowest BCUT2D eigenvalue weighted by atomic mass is 9.97. The monoisotopic (exact) mass is 358 g/mol. The number of benzene rings is 1. The van der Waals surface area contributed by atoms with Crippen LogP contribution in [0, 0.1) is 11.3 Å². The molecule has 1 aromatic carbocycles. The van der Waals surface area contributed by atoms with E-state index in [9.17, 15) is 5.26 Å². The third kappa shape index (κ3) is 3.66. The van der Waals surface area contributed by atoms with Gasteiger partial charge in [-0.15, -0.1) is 11.8 Å². The minimum absolute atomic E-state index is 0.181. The standard InChI is InChI=1S/C14H16BrClN2S/c1-19-14(10-17)4-6-18(7-5-14)9-11-2-3-12(15)8-13(11)16/h2-3,8H,4-7,9H2,1H3. The zero-order chi connectivity index (χ0) is 13.9. The van der Waals surface area contributed by atoms with Crippen LogP contribution in [-0.2, 0) is 6.54 Å². The molecule has 0 radical (unpaired) electrons. The molecular weight excluding hydrogens is 344 g/mol. The first-order valence-corrected chi connectivity index (χ1v) is 8.61. The molecule has 0 aliphatic carbocycles. The van der Waals surface area contributed by atoms with E-state index < -0.39 is 0 Å². The minimum atomic E-state index is -0.181. The number of nitriles is 1. The summed E-state index contributed by atoms with van der Waals surface area (Å²) in [5.41, 5.74) is 1.15. The van der Waals surface area contributed by atoms with Crippen LogP contribution < -0.4 is 0 Å². The smallest absolute Gasteiger partial charge is 0.104 e. The van der Waals surface area contributed by atoms with E-state index in [1.807, 2.05) is 18.4 Å². The van der Waals surface area contributed by atoms with Crippen LogP contribution in [0.2, 0.25) is 5.02 Å². The van der Waals surface area contributed by atoms with Gasteiger partial charge in [-0.05, 0) is 36.8 Å². The van der Waals surface area contributed by atoms with Gasteiger partial charge in [0.25, 0.3) is 0 Å². The number of likely N-dealkylation sites (tertiary alicyclic amines) is 1. The highest BCUT2D eigenvalue weighted by Gasteiger charge is 2.33. The summed E-state index contributed by atoms with van der Waals surface area (Å²) in [7, 11) is 0. The van der Waals surface area contributed by atoms with Crippen LogP contribution in [0.15, 0.2) is 22.7 Å². The predicted molar refractivity (Wildman–Crippen MR) is 85.5 cm³/mol. The molecule has 1 saturated heterocycles. The Morgan fingerprint density at radius 3 is 2.68 bits per heavy atom. The third-order valence-electron chi connectivity index (χ3n) is 3.67. The van der Waals surface area contributed by atoms with E-state index in [2.05, 4.69) is 33.0 Å². The van der Waals surface area contributed by atoms with Crippen molar-refractivity contribution >= 4 is 39.3 Å². The van der Waals surface area contributed by atoms with Gasteiger partial charge in [-0.1, -0.05) is 33.6 Å².